The van der Waals surface area contributed by atoms with Crippen LogP contribution in [-0.4, -0.2) is 15.5 Å². The molecule has 0 aliphatic carbocycles. The Hall–Kier alpha value is -2.44. The minimum Gasteiger partial charge on any atom is -0.367 e. The standard InChI is InChI=1S/C14H15F2N3O2.C2H6/c1-14(15,16)9-19-12(20)7-11(18-13(19)21)17-8-10-5-3-2-4-6-10;1-2/h2-7,17H,8-9H2,1H3,(H,18,21);1-2H3. The number of H-pyrrole nitrogens is 1. The molecule has 0 unspecified atom stereocenters. The lowest BCUT2D eigenvalue weighted by Crippen LogP contribution is -2.39. The van der Waals surface area contributed by atoms with Gasteiger partial charge in [-0.2, -0.15) is 0 Å². The van der Waals surface area contributed by atoms with Crippen LogP contribution in [0.2, 0.25) is 0 Å². The van der Waals surface area contributed by atoms with Gasteiger partial charge in [0.1, 0.15) is 5.82 Å². The summed E-state index contributed by atoms with van der Waals surface area (Å²) in [6, 6.07) is 10.4. The molecule has 2 rings (SSSR count). The highest BCUT2D eigenvalue weighted by Gasteiger charge is 2.23. The summed E-state index contributed by atoms with van der Waals surface area (Å²) in [5, 5.41) is 2.88. The van der Waals surface area contributed by atoms with Crippen LogP contribution in [0.15, 0.2) is 46.0 Å². The quantitative estimate of drug-likeness (QED) is 0.888. The van der Waals surface area contributed by atoms with E-state index in [1.165, 1.54) is 0 Å². The average Bonchev–Trinajstić information content (AvgIpc) is 2.51. The van der Waals surface area contributed by atoms with Crippen molar-refractivity contribution in [1.29, 1.82) is 0 Å². The largest absolute Gasteiger partial charge is 0.367 e. The first-order valence-electron chi connectivity index (χ1n) is 7.35. The van der Waals surface area contributed by atoms with Gasteiger partial charge in [-0.3, -0.25) is 14.3 Å². The molecule has 0 aliphatic heterocycles. The van der Waals surface area contributed by atoms with Gasteiger partial charge in [-0.15, -0.1) is 0 Å². The minimum atomic E-state index is -3.13. The molecule has 0 bridgehead atoms. The monoisotopic (exact) mass is 325 g/mol. The van der Waals surface area contributed by atoms with Crippen LogP contribution in [-0.2, 0) is 13.1 Å². The van der Waals surface area contributed by atoms with Crippen LogP contribution < -0.4 is 16.6 Å². The molecule has 23 heavy (non-hydrogen) atoms. The fraction of sp³-hybridized carbons (Fsp3) is 0.375. The zero-order valence-electron chi connectivity index (χ0n) is 13.4. The van der Waals surface area contributed by atoms with Crippen molar-refractivity contribution in [2.24, 2.45) is 0 Å². The SMILES string of the molecule is CC.CC(F)(F)Cn1c(=O)cc(NCc2ccccc2)[nH]c1=O. The van der Waals surface area contributed by atoms with Crippen molar-refractivity contribution < 1.29 is 8.78 Å². The third-order valence-electron chi connectivity index (χ3n) is 2.78. The number of rotatable bonds is 5. The van der Waals surface area contributed by atoms with Gasteiger partial charge in [0.15, 0.2) is 0 Å². The first kappa shape index (κ1) is 18.6. The van der Waals surface area contributed by atoms with Crippen LogP contribution in [0.25, 0.3) is 0 Å². The molecule has 2 N–H and O–H groups in total. The van der Waals surface area contributed by atoms with E-state index in [0.717, 1.165) is 11.6 Å². The number of aromatic nitrogens is 2. The molecule has 1 aromatic heterocycles. The first-order chi connectivity index (χ1) is 10.8. The van der Waals surface area contributed by atoms with E-state index in [1.807, 2.05) is 44.2 Å². The van der Waals surface area contributed by atoms with E-state index in [1.54, 1.807) is 0 Å². The highest BCUT2D eigenvalue weighted by molar-refractivity contribution is 5.33. The van der Waals surface area contributed by atoms with E-state index in [4.69, 9.17) is 0 Å². The lowest BCUT2D eigenvalue weighted by molar-refractivity contribution is 0.00175. The van der Waals surface area contributed by atoms with Crippen molar-refractivity contribution in [3.8, 4) is 0 Å². The molecule has 0 amide bonds. The predicted octanol–water partition coefficient (Wildman–Crippen LogP) is 2.83. The Morgan fingerprint density at radius 1 is 1.17 bits per heavy atom. The Morgan fingerprint density at radius 3 is 2.30 bits per heavy atom. The van der Waals surface area contributed by atoms with Crippen LogP contribution in [0.3, 0.4) is 0 Å². The molecule has 0 saturated carbocycles. The van der Waals surface area contributed by atoms with Crippen LogP contribution in [0.5, 0.6) is 0 Å². The molecule has 0 saturated heterocycles. The second kappa shape index (κ2) is 8.26. The normalized spacial score (nSPS) is 10.7. The summed E-state index contributed by atoms with van der Waals surface area (Å²) < 4.78 is 26.3. The number of nitrogens with one attached hydrogen (secondary N) is 2. The second-order valence-corrected chi connectivity index (χ2v) is 4.82. The zero-order valence-corrected chi connectivity index (χ0v) is 13.4. The Balaban J connectivity index is 0.00000127. The average molecular weight is 325 g/mol. The number of hydrogen-bond donors (Lipinski definition) is 2. The Labute approximate surface area is 133 Å². The summed E-state index contributed by atoms with van der Waals surface area (Å²) in [6.07, 6.45) is 0. The Morgan fingerprint density at radius 2 is 1.78 bits per heavy atom. The lowest BCUT2D eigenvalue weighted by atomic mass is 10.2. The minimum absolute atomic E-state index is 0.199. The van der Waals surface area contributed by atoms with Crippen molar-refractivity contribution in [3.05, 3.63) is 62.8 Å². The summed E-state index contributed by atoms with van der Waals surface area (Å²) in [6.45, 7) is 4.12. The third kappa shape index (κ3) is 6.06. The summed E-state index contributed by atoms with van der Waals surface area (Å²) in [4.78, 5) is 25.8. The Bertz CT molecular complexity index is 687. The second-order valence-electron chi connectivity index (χ2n) is 4.82. The molecule has 0 spiro atoms. The van der Waals surface area contributed by atoms with Gasteiger partial charge >= 0.3 is 5.69 Å². The number of benzene rings is 1. The molecule has 2 aromatic rings. The first-order valence-corrected chi connectivity index (χ1v) is 7.35. The maximum atomic E-state index is 12.9. The predicted molar refractivity (Wildman–Crippen MR) is 87.1 cm³/mol. The van der Waals surface area contributed by atoms with Gasteiger partial charge in [0.2, 0.25) is 0 Å². The molecule has 0 atom stereocenters. The van der Waals surface area contributed by atoms with E-state index in [-0.39, 0.29) is 5.82 Å². The van der Waals surface area contributed by atoms with Gasteiger partial charge in [0.25, 0.3) is 11.5 Å². The summed E-state index contributed by atoms with van der Waals surface area (Å²) >= 11 is 0. The highest BCUT2D eigenvalue weighted by atomic mass is 19.3. The molecule has 126 valence electrons. The van der Waals surface area contributed by atoms with E-state index < -0.39 is 23.7 Å². The van der Waals surface area contributed by atoms with E-state index in [9.17, 15) is 18.4 Å². The van der Waals surface area contributed by atoms with Crippen molar-refractivity contribution in [2.75, 3.05) is 5.32 Å². The molecular formula is C16H21F2N3O2. The maximum absolute atomic E-state index is 12.9. The molecule has 7 heteroatoms. The topological polar surface area (TPSA) is 66.9 Å². The molecule has 5 nitrogen and oxygen atoms in total. The summed E-state index contributed by atoms with van der Waals surface area (Å²) in [5.41, 5.74) is -0.668. The summed E-state index contributed by atoms with van der Waals surface area (Å²) in [7, 11) is 0. The van der Waals surface area contributed by atoms with Crippen LogP contribution in [0, 0.1) is 0 Å². The van der Waals surface area contributed by atoms with Gasteiger partial charge in [0, 0.05) is 19.5 Å². The van der Waals surface area contributed by atoms with Crippen LogP contribution in [0.4, 0.5) is 14.6 Å². The fourth-order valence-corrected chi connectivity index (χ4v) is 1.84. The molecule has 1 aromatic carbocycles. The number of nitrogens with zero attached hydrogens (tertiary/aromatic N) is 1. The van der Waals surface area contributed by atoms with Gasteiger partial charge < -0.3 is 5.32 Å². The Kier molecular flexibility index (Phi) is 6.68. The number of halogens is 2. The van der Waals surface area contributed by atoms with Gasteiger partial charge in [-0.05, 0) is 5.56 Å². The van der Waals surface area contributed by atoms with Gasteiger partial charge in [0.05, 0.1) is 6.54 Å². The van der Waals surface area contributed by atoms with Gasteiger partial charge in [-0.1, -0.05) is 44.2 Å². The lowest BCUT2D eigenvalue weighted by Gasteiger charge is -2.12. The van der Waals surface area contributed by atoms with E-state index >= 15 is 0 Å². The van der Waals surface area contributed by atoms with Gasteiger partial charge in [-0.25, -0.2) is 13.6 Å². The van der Waals surface area contributed by atoms with E-state index in [2.05, 4.69) is 10.3 Å². The molecule has 0 aliphatic rings. The van der Waals surface area contributed by atoms with Crippen LogP contribution >= 0.6 is 0 Å². The molecule has 0 fully saturated rings. The van der Waals surface area contributed by atoms with E-state index in [0.29, 0.717) is 18.0 Å². The summed E-state index contributed by atoms with van der Waals surface area (Å²) in [5.74, 6) is -2.93. The molecule has 1 heterocycles. The highest BCUT2D eigenvalue weighted by Crippen LogP contribution is 2.12. The zero-order chi connectivity index (χ0) is 17.5. The number of aromatic amines is 1. The smallest absolute Gasteiger partial charge is 0.330 e. The number of alkyl halides is 2. The number of anilines is 1. The van der Waals surface area contributed by atoms with Crippen LogP contribution in [0.1, 0.15) is 26.3 Å². The molecular weight excluding hydrogens is 304 g/mol. The van der Waals surface area contributed by atoms with Crippen molar-refractivity contribution in [2.45, 2.75) is 39.8 Å². The van der Waals surface area contributed by atoms with Crippen molar-refractivity contribution in [3.63, 3.8) is 0 Å². The molecule has 0 radical (unpaired) electrons. The van der Waals surface area contributed by atoms with Crippen molar-refractivity contribution >= 4 is 5.82 Å². The van der Waals surface area contributed by atoms with Crippen molar-refractivity contribution in [1.82, 2.24) is 9.55 Å². The fourth-order valence-electron chi connectivity index (χ4n) is 1.84. The number of hydrogen-bond acceptors (Lipinski definition) is 3. The third-order valence-corrected chi connectivity index (χ3v) is 2.78. The maximum Gasteiger partial charge on any atom is 0.330 e.